The van der Waals surface area contributed by atoms with Gasteiger partial charge in [-0.3, -0.25) is 9.97 Å². The number of hydrogen-bond donors (Lipinski definition) is 0. The van der Waals surface area contributed by atoms with E-state index in [9.17, 15) is 8.42 Å². The Bertz CT molecular complexity index is 1030. The van der Waals surface area contributed by atoms with E-state index in [1.807, 2.05) is 56.4 Å². The molecule has 0 saturated heterocycles. The SMILES string of the molecule is Cc1ccc(-c2ncc(N(C)C)cc2-c2ccc(S(C)(=O)=O)cc2)cn1. The summed E-state index contributed by atoms with van der Waals surface area (Å²) in [5.74, 6) is 0. The fourth-order valence-electron chi connectivity index (χ4n) is 2.64. The fraction of sp³-hybridized carbons (Fsp3) is 0.200. The van der Waals surface area contributed by atoms with Crippen molar-refractivity contribution in [1.82, 2.24) is 9.97 Å². The molecule has 0 aliphatic carbocycles. The van der Waals surface area contributed by atoms with E-state index in [2.05, 4.69) is 16.0 Å². The lowest BCUT2D eigenvalue weighted by atomic mass is 9.99. The molecule has 134 valence electrons. The summed E-state index contributed by atoms with van der Waals surface area (Å²) in [5, 5.41) is 0. The molecule has 3 aromatic rings. The quantitative estimate of drug-likeness (QED) is 0.705. The Kier molecular flexibility index (Phi) is 4.78. The topological polar surface area (TPSA) is 63.2 Å². The van der Waals surface area contributed by atoms with Crippen LogP contribution in [0.3, 0.4) is 0 Å². The molecule has 0 aliphatic heterocycles. The zero-order valence-electron chi connectivity index (χ0n) is 15.3. The largest absolute Gasteiger partial charge is 0.376 e. The molecule has 1 aromatic carbocycles. The molecule has 0 atom stereocenters. The van der Waals surface area contributed by atoms with Crippen molar-refractivity contribution in [1.29, 1.82) is 0 Å². The average Bonchev–Trinajstić information content (AvgIpc) is 2.61. The predicted molar refractivity (Wildman–Crippen MR) is 105 cm³/mol. The highest BCUT2D eigenvalue weighted by Gasteiger charge is 2.13. The normalized spacial score (nSPS) is 11.4. The van der Waals surface area contributed by atoms with Crippen LogP contribution in [0.25, 0.3) is 22.4 Å². The molecule has 26 heavy (non-hydrogen) atoms. The third-order valence-corrected chi connectivity index (χ3v) is 5.30. The molecule has 0 amide bonds. The van der Waals surface area contributed by atoms with Crippen LogP contribution in [0.15, 0.2) is 59.8 Å². The van der Waals surface area contributed by atoms with Crippen molar-refractivity contribution in [2.75, 3.05) is 25.3 Å². The number of rotatable bonds is 4. The summed E-state index contributed by atoms with van der Waals surface area (Å²) >= 11 is 0. The number of aromatic nitrogens is 2. The van der Waals surface area contributed by atoms with Crippen molar-refractivity contribution in [2.24, 2.45) is 0 Å². The van der Waals surface area contributed by atoms with Gasteiger partial charge in [0.1, 0.15) is 0 Å². The molecule has 0 fully saturated rings. The van der Waals surface area contributed by atoms with E-state index in [-0.39, 0.29) is 0 Å². The van der Waals surface area contributed by atoms with E-state index in [1.165, 1.54) is 6.26 Å². The maximum atomic E-state index is 11.7. The first kappa shape index (κ1) is 18.1. The number of hydrogen-bond acceptors (Lipinski definition) is 5. The Morgan fingerprint density at radius 3 is 2.08 bits per heavy atom. The second-order valence-electron chi connectivity index (χ2n) is 6.47. The molecule has 0 aliphatic rings. The van der Waals surface area contributed by atoms with E-state index in [1.54, 1.807) is 18.3 Å². The summed E-state index contributed by atoms with van der Waals surface area (Å²) in [5.41, 5.74) is 5.48. The van der Waals surface area contributed by atoms with Crippen LogP contribution in [0.4, 0.5) is 5.69 Å². The van der Waals surface area contributed by atoms with Gasteiger partial charge in [0.2, 0.25) is 0 Å². The number of nitrogens with zero attached hydrogens (tertiary/aromatic N) is 3. The second-order valence-corrected chi connectivity index (χ2v) is 8.48. The highest BCUT2D eigenvalue weighted by Crippen LogP contribution is 2.33. The first-order valence-corrected chi connectivity index (χ1v) is 10.1. The predicted octanol–water partition coefficient (Wildman–Crippen LogP) is 3.59. The van der Waals surface area contributed by atoms with Gasteiger partial charge in [0.25, 0.3) is 0 Å². The van der Waals surface area contributed by atoms with Gasteiger partial charge in [-0.1, -0.05) is 12.1 Å². The standard InChI is InChI=1S/C20H21N3O2S/c1-14-5-6-16(12-21-14)20-19(11-17(13-22-20)23(2)3)15-7-9-18(10-8-15)26(4,24)25/h5-13H,1-4H3. The molecule has 0 spiro atoms. The summed E-state index contributed by atoms with van der Waals surface area (Å²) < 4.78 is 23.4. The van der Waals surface area contributed by atoms with E-state index in [4.69, 9.17) is 0 Å². The van der Waals surface area contributed by atoms with Crippen LogP contribution in [-0.2, 0) is 9.84 Å². The van der Waals surface area contributed by atoms with Gasteiger partial charge in [-0.25, -0.2) is 8.42 Å². The Labute approximate surface area is 154 Å². The van der Waals surface area contributed by atoms with Crippen LogP contribution in [0.5, 0.6) is 0 Å². The van der Waals surface area contributed by atoms with Crippen LogP contribution < -0.4 is 4.90 Å². The van der Waals surface area contributed by atoms with Crippen molar-refractivity contribution in [3.8, 4) is 22.4 Å². The maximum Gasteiger partial charge on any atom is 0.175 e. The fourth-order valence-corrected chi connectivity index (χ4v) is 3.27. The van der Waals surface area contributed by atoms with Crippen LogP contribution in [0.2, 0.25) is 0 Å². The summed E-state index contributed by atoms with van der Waals surface area (Å²) in [6, 6.07) is 12.9. The van der Waals surface area contributed by atoms with Gasteiger partial charge in [-0.2, -0.15) is 0 Å². The third-order valence-electron chi connectivity index (χ3n) is 4.17. The molecule has 3 rings (SSSR count). The summed E-state index contributed by atoms with van der Waals surface area (Å²) in [6.07, 6.45) is 4.84. The average molecular weight is 367 g/mol. The van der Waals surface area contributed by atoms with Crippen LogP contribution in [0, 0.1) is 6.92 Å². The van der Waals surface area contributed by atoms with Crippen molar-refractivity contribution >= 4 is 15.5 Å². The molecule has 5 nitrogen and oxygen atoms in total. The lowest BCUT2D eigenvalue weighted by Crippen LogP contribution is -2.09. The zero-order chi connectivity index (χ0) is 18.9. The number of sulfone groups is 1. The van der Waals surface area contributed by atoms with Crippen LogP contribution in [0.1, 0.15) is 5.69 Å². The van der Waals surface area contributed by atoms with E-state index in [0.717, 1.165) is 33.8 Å². The molecule has 6 heteroatoms. The highest BCUT2D eigenvalue weighted by molar-refractivity contribution is 7.90. The summed E-state index contributed by atoms with van der Waals surface area (Å²) in [4.78, 5) is 11.3. The molecule has 0 radical (unpaired) electrons. The Hall–Kier alpha value is -2.73. The first-order valence-electron chi connectivity index (χ1n) is 8.16. The molecule has 0 N–H and O–H groups in total. The van der Waals surface area contributed by atoms with Crippen molar-refractivity contribution in [3.63, 3.8) is 0 Å². The molecule has 0 saturated carbocycles. The number of pyridine rings is 2. The zero-order valence-corrected chi connectivity index (χ0v) is 16.1. The van der Waals surface area contributed by atoms with E-state index in [0.29, 0.717) is 4.90 Å². The molecule has 2 aromatic heterocycles. The number of anilines is 1. The Balaban J connectivity index is 2.17. The van der Waals surface area contributed by atoms with Gasteiger partial charge in [0.15, 0.2) is 9.84 Å². The minimum Gasteiger partial charge on any atom is -0.376 e. The van der Waals surface area contributed by atoms with Gasteiger partial charge in [0, 0.05) is 43.4 Å². The van der Waals surface area contributed by atoms with Gasteiger partial charge in [-0.05, 0) is 42.8 Å². The van der Waals surface area contributed by atoms with Gasteiger partial charge in [-0.15, -0.1) is 0 Å². The summed E-state index contributed by atoms with van der Waals surface area (Å²) in [7, 11) is 0.694. The lowest BCUT2D eigenvalue weighted by molar-refractivity contribution is 0.602. The Morgan fingerprint density at radius 2 is 1.54 bits per heavy atom. The molecular weight excluding hydrogens is 346 g/mol. The minimum absolute atomic E-state index is 0.302. The van der Waals surface area contributed by atoms with Gasteiger partial charge in [0.05, 0.1) is 22.5 Å². The molecule has 0 unspecified atom stereocenters. The van der Waals surface area contributed by atoms with Crippen molar-refractivity contribution < 1.29 is 8.42 Å². The maximum absolute atomic E-state index is 11.7. The number of aryl methyl sites for hydroxylation is 1. The first-order chi connectivity index (χ1) is 12.3. The van der Waals surface area contributed by atoms with E-state index < -0.39 is 9.84 Å². The summed E-state index contributed by atoms with van der Waals surface area (Å²) in [6.45, 7) is 1.94. The molecular formula is C20H21N3O2S. The van der Waals surface area contributed by atoms with Crippen LogP contribution >= 0.6 is 0 Å². The lowest BCUT2D eigenvalue weighted by Gasteiger charge is -2.16. The molecule has 2 heterocycles. The number of benzene rings is 1. The highest BCUT2D eigenvalue weighted by atomic mass is 32.2. The van der Waals surface area contributed by atoms with Gasteiger partial charge < -0.3 is 4.90 Å². The van der Waals surface area contributed by atoms with Crippen molar-refractivity contribution in [2.45, 2.75) is 11.8 Å². The van der Waals surface area contributed by atoms with Gasteiger partial charge >= 0.3 is 0 Å². The minimum atomic E-state index is -3.22. The Morgan fingerprint density at radius 1 is 0.885 bits per heavy atom. The smallest absolute Gasteiger partial charge is 0.175 e. The monoisotopic (exact) mass is 367 g/mol. The molecule has 0 bridgehead atoms. The third kappa shape index (κ3) is 3.75. The van der Waals surface area contributed by atoms with Crippen LogP contribution in [-0.4, -0.2) is 38.7 Å². The van der Waals surface area contributed by atoms with E-state index >= 15 is 0 Å². The second kappa shape index (κ2) is 6.88. The van der Waals surface area contributed by atoms with Crippen molar-refractivity contribution in [3.05, 3.63) is 60.6 Å².